The van der Waals surface area contributed by atoms with E-state index in [1.807, 2.05) is 17.9 Å². The summed E-state index contributed by atoms with van der Waals surface area (Å²) in [7, 11) is 0. The van der Waals surface area contributed by atoms with E-state index in [2.05, 4.69) is 6.07 Å². The predicted molar refractivity (Wildman–Crippen MR) is 110 cm³/mol. The molecule has 7 nitrogen and oxygen atoms in total. The van der Waals surface area contributed by atoms with Crippen LogP contribution in [0.4, 0.5) is 5.69 Å². The minimum absolute atomic E-state index is 0.0142. The van der Waals surface area contributed by atoms with Gasteiger partial charge in [0.2, 0.25) is 0 Å². The molecule has 3 aliphatic rings. The van der Waals surface area contributed by atoms with Crippen molar-refractivity contribution in [3.05, 3.63) is 63.2 Å². The fourth-order valence-electron chi connectivity index (χ4n) is 5.24. The number of hydrogen-bond donors (Lipinski definition) is 0. The van der Waals surface area contributed by atoms with Crippen molar-refractivity contribution in [1.82, 2.24) is 4.90 Å². The largest absolute Gasteiger partial charge is 0.486 e. The van der Waals surface area contributed by atoms with Crippen LogP contribution in [0.3, 0.4) is 0 Å². The van der Waals surface area contributed by atoms with Gasteiger partial charge in [-0.05, 0) is 55.2 Å². The molecule has 0 saturated heterocycles. The van der Waals surface area contributed by atoms with Crippen molar-refractivity contribution in [3.63, 3.8) is 0 Å². The number of nitrogens with zero attached hydrogens (tertiary/aromatic N) is 2. The molecule has 1 spiro atoms. The maximum absolute atomic E-state index is 13.4. The molecule has 0 radical (unpaired) electrons. The minimum atomic E-state index is -0.452. The zero-order valence-electron chi connectivity index (χ0n) is 16.9. The molecule has 1 saturated carbocycles. The van der Waals surface area contributed by atoms with Crippen LogP contribution in [-0.4, -0.2) is 35.5 Å². The molecule has 7 heteroatoms. The standard InChI is InChI=1S/C23H24N2O5/c1-15-18-12-20-21(30-11-10-29-20)13-19(18)23(8-2-3-9-23)14-24(15)22(26)16-4-6-17(7-5-16)25(27)28/h4-7,12-13,15H,2-3,8-11,14H2,1H3/t15-/m1/s1. The van der Waals surface area contributed by atoms with E-state index in [0.717, 1.165) is 42.7 Å². The average Bonchev–Trinajstić information content (AvgIpc) is 3.24. The van der Waals surface area contributed by atoms with Gasteiger partial charge in [0.25, 0.3) is 11.6 Å². The maximum atomic E-state index is 13.4. The fraction of sp³-hybridized carbons (Fsp3) is 0.435. The summed E-state index contributed by atoms with van der Waals surface area (Å²) in [5, 5.41) is 10.9. The molecule has 5 rings (SSSR count). The van der Waals surface area contributed by atoms with Gasteiger partial charge in [-0.25, -0.2) is 0 Å². The third-order valence-corrected chi connectivity index (χ3v) is 6.82. The van der Waals surface area contributed by atoms with Crippen molar-refractivity contribution in [2.24, 2.45) is 0 Å². The molecule has 2 aromatic rings. The molecule has 1 atom stereocenters. The molecule has 156 valence electrons. The van der Waals surface area contributed by atoms with Gasteiger partial charge in [0.1, 0.15) is 13.2 Å². The number of hydrogen-bond acceptors (Lipinski definition) is 5. The lowest BCUT2D eigenvalue weighted by Crippen LogP contribution is -2.48. The first kappa shape index (κ1) is 18.9. The Hall–Kier alpha value is -3.09. The maximum Gasteiger partial charge on any atom is 0.269 e. The second-order valence-electron chi connectivity index (χ2n) is 8.48. The van der Waals surface area contributed by atoms with E-state index >= 15 is 0 Å². The number of ether oxygens (including phenoxy) is 2. The molecular weight excluding hydrogens is 384 g/mol. The summed E-state index contributed by atoms with van der Waals surface area (Å²) in [6.07, 6.45) is 4.36. The second kappa shape index (κ2) is 7.00. The van der Waals surface area contributed by atoms with Crippen LogP contribution < -0.4 is 9.47 Å². The quantitative estimate of drug-likeness (QED) is 0.544. The molecule has 0 aromatic heterocycles. The SMILES string of the molecule is C[C@@H]1c2cc3c(cc2C2(CCCC2)CN1C(=O)c1ccc([N+](=O)[O-])cc1)OCCO3. The highest BCUT2D eigenvalue weighted by Gasteiger charge is 2.46. The third-order valence-electron chi connectivity index (χ3n) is 6.82. The summed E-state index contributed by atoms with van der Waals surface area (Å²) in [6, 6.07) is 9.95. The molecule has 2 heterocycles. The molecule has 0 unspecified atom stereocenters. The van der Waals surface area contributed by atoms with Gasteiger partial charge >= 0.3 is 0 Å². The number of nitro benzene ring substituents is 1. The van der Waals surface area contributed by atoms with Crippen molar-refractivity contribution in [1.29, 1.82) is 0 Å². The Morgan fingerprint density at radius 2 is 1.73 bits per heavy atom. The summed E-state index contributed by atoms with van der Waals surface area (Å²) in [4.78, 5) is 25.8. The molecule has 1 amide bonds. The summed E-state index contributed by atoms with van der Waals surface area (Å²) in [5.74, 6) is 1.45. The van der Waals surface area contributed by atoms with E-state index in [1.165, 1.54) is 17.7 Å². The molecule has 1 fully saturated rings. The summed E-state index contributed by atoms with van der Waals surface area (Å²) >= 11 is 0. The second-order valence-corrected chi connectivity index (χ2v) is 8.48. The number of amides is 1. The average molecular weight is 408 g/mol. The van der Waals surface area contributed by atoms with E-state index < -0.39 is 4.92 Å². The summed E-state index contributed by atoms with van der Waals surface area (Å²) in [6.45, 7) is 3.77. The molecule has 30 heavy (non-hydrogen) atoms. The van der Waals surface area contributed by atoms with E-state index in [9.17, 15) is 14.9 Å². The van der Waals surface area contributed by atoms with Crippen LogP contribution in [-0.2, 0) is 5.41 Å². The van der Waals surface area contributed by atoms with Crippen molar-refractivity contribution in [2.75, 3.05) is 19.8 Å². The van der Waals surface area contributed by atoms with E-state index in [0.29, 0.717) is 25.3 Å². The Balaban J connectivity index is 1.55. The highest BCUT2D eigenvalue weighted by atomic mass is 16.6. The Morgan fingerprint density at radius 1 is 1.10 bits per heavy atom. The Bertz CT molecular complexity index is 1010. The number of carbonyl (C=O) groups is 1. The first-order chi connectivity index (χ1) is 14.5. The van der Waals surface area contributed by atoms with Gasteiger partial charge in [0.05, 0.1) is 11.0 Å². The van der Waals surface area contributed by atoms with Crippen LogP contribution >= 0.6 is 0 Å². The summed E-state index contributed by atoms with van der Waals surface area (Å²) < 4.78 is 11.7. The summed E-state index contributed by atoms with van der Waals surface area (Å²) in [5.41, 5.74) is 2.78. The van der Waals surface area contributed by atoms with Gasteiger partial charge in [-0.2, -0.15) is 0 Å². The van der Waals surface area contributed by atoms with Crippen LogP contribution in [0.15, 0.2) is 36.4 Å². The molecule has 0 bridgehead atoms. The zero-order chi connectivity index (χ0) is 20.9. The molecule has 0 N–H and O–H groups in total. The smallest absolute Gasteiger partial charge is 0.269 e. The number of rotatable bonds is 2. The Kier molecular flexibility index (Phi) is 4.41. The lowest BCUT2D eigenvalue weighted by atomic mass is 9.71. The fourth-order valence-corrected chi connectivity index (χ4v) is 5.24. The van der Waals surface area contributed by atoms with Crippen molar-refractivity contribution < 1.29 is 19.2 Å². The molecule has 2 aliphatic heterocycles. The minimum Gasteiger partial charge on any atom is -0.486 e. The van der Waals surface area contributed by atoms with Crippen molar-refractivity contribution in [3.8, 4) is 11.5 Å². The lowest BCUT2D eigenvalue weighted by molar-refractivity contribution is -0.384. The zero-order valence-corrected chi connectivity index (χ0v) is 16.9. The van der Waals surface area contributed by atoms with Crippen LogP contribution in [0.1, 0.15) is 60.1 Å². The van der Waals surface area contributed by atoms with Crippen LogP contribution in [0.2, 0.25) is 0 Å². The van der Waals surface area contributed by atoms with Crippen molar-refractivity contribution >= 4 is 11.6 Å². The van der Waals surface area contributed by atoms with E-state index in [4.69, 9.17) is 9.47 Å². The third kappa shape index (κ3) is 2.91. The van der Waals surface area contributed by atoms with Crippen LogP contribution in [0.25, 0.3) is 0 Å². The number of nitro groups is 1. The Morgan fingerprint density at radius 3 is 2.37 bits per heavy atom. The van der Waals surface area contributed by atoms with Gasteiger partial charge in [-0.3, -0.25) is 14.9 Å². The monoisotopic (exact) mass is 408 g/mol. The van der Waals surface area contributed by atoms with E-state index in [1.54, 1.807) is 12.1 Å². The topological polar surface area (TPSA) is 81.9 Å². The van der Waals surface area contributed by atoms with Gasteiger partial charge in [-0.1, -0.05) is 12.8 Å². The van der Waals surface area contributed by atoms with Gasteiger partial charge in [-0.15, -0.1) is 0 Å². The normalized spacial score (nSPS) is 21.4. The van der Waals surface area contributed by atoms with Crippen molar-refractivity contribution in [2.45, 2.75) is 44.1 Å². The first-order valence-electron chi connectivity index (χ1n) is 10.5. The van der Waals surface area contributed by atoms with Gasteiger partial charge < -0.3 is 14.4 Å². The lowest BCUT2D eigenvalue weighted by Gasteiger charge is -2.46. The van der Waals surface area contributed by atoms with Crippen LogP contribution in [0.5, 0.6) is 11.5 Å². The number of fused-ring (bicyclic) bond motifs is 3. The molecule has 2 aromatic carbocycles. The predicted octanol–water partition coefficient (Wildman–Crippen LogP) is 4.39. The molecular formula is C23H24N2O5. The van der Waals surface area contributed by atoms with Crippen LogP contribution in [0, 0.1) is 10.1 Å². The number of carbonyl (C=O) groups excluding carboxylic acids is 1. The van der Waals surface area contributed by atoms with Gasteiger partial charge in [0.15, 0.2) is 11.5 Å². The van der Waals surface area contributed by atoms with Gasteiger partial charge in [0, 0.05) is 29.7 Å². The Labute approximate surface area is 174 Å². The van der Waals surface area contributed by atoms with E-state index in [-0.39, 0.29) is 23.1 Å². The number of non-ortho nitro benzene ring substituents is 1. The molecule has 1 aliphatic carbocycles. The first-order valence-corrected chi connectivity index (χ1v) is 10.5. The highest BCUT2D eigenvalue weighted by Crippen LogP contribution is 2.52. The number of benzene rings is 2. The highest BCUT2D eigenvalue weighted by molar-refractivity contribution is 5.95.